The number of aromatic amines is 2. The number of nitrogens with two attached hydrogens (primary N) is 3. The van der Waals surface area contributed by atoms with Gasteiger partial charge in [-0.05, 0) is 43.2 Å². The Hall–Kier alpha value is -6.84. The second-order valence-electron chi connectivity index (χ2n) is 15.6. The lowest BCUT2D eigenvalue weighted by Crippen LogP contribution is -2.59. The number of hydrogen-bond donors (Lipinski definition) is 12. The van der Waals surface area contributed by atoms with Crippen LogP contribution in [0.5, 0.6) is 0 Å². The van der Waals surface area contributed by atoms with Crippen molar-refractivity contribution in [3.05, 3.63) is 54.2 Å². The van der Waals surface area contributed by atoms with E-state index in [1.165, 1.54) is 19.4 Å². The van der Waals surface area contributed by atoms with Crippen LogP contribution in [0.15, 0.2) is 43.0 Å². The molecule has 0 radical (unpaired) electrons. The topological polar surface area (TPSA) is 360 Å². The first-order chi connectivity index (χ1) is 29.3. The first-order valence-electron chi connectivity index (χ1n) is 20.2. The van der Waals surface area contributed by atoms with Crippen molar-refractivity contribution < 1.29 is 43.2 Å². The van der Waals surface area contributed by atoms with Crippen LogP contribution in [-0.2, 0) is 56.0 Å². The maximum Gasteiger partial charge on any atom is 0.243 e. The zero-order valence-electron chi connectivity index (χ0n) is 35.5. The van der Waals surface area contributed by atoms with Gasteiger partial charge in [-0.2, -0.15) is 0 Å². The van der Waals surface area contributed by atoms with Crippen molar-refractivity contribution in [3.8, 4) is 0 Å². The molecule has 22 heteroatoms. The van der Waals surface area contributed by atoms with Crippen molar-refractivity contribution in [2.24, 2.45) is 29.0 Å². The summed E-state index contributed by atoms with van der Waals surface area (Å²) in [6, 6.07) is 0.0579. The van der Waals surface area contributed by atoms with Gasteiger partial charge in [0.25, 0.3) is 0 Å². The standard InChI is InChI=1S/C40H59N13O9/c1-20(2)12-28(35(43)57)51-39(61)30(14-24-17-44-19-47-24)50-33(56)18-46-40(62)34(21(3)4)53-36(58)22(5)48-38(60)29(13-23-16-45-26-9-7-6-8-25(23)26)52-37(59)27(10-11-31(42)54)49-32(55)15-41/h6-9,16-17,19-22,27-30,34,45H,10-15,18,41H2,1-5H3,(H2,42,54)(H2,43,57)(H,44,47)(H,46,62)(H,48,60)(H,49,55)(H,50,56)(H,51,61)(H,52,59)(H,53,58)/t22-,27-,28-,29-,30-,34-/m0/s1. The molecule has 9 amide bonds. The SMILES string of the molecule is CC(C)C[C@H](NC(=O)[C@H](Cc1cnc[nH]1)NC(=O)CNC(=O)[C@@H](NC(=O)[C@H](C)NC(=O)[C@H](Cc1c[nH]c2ccccc12)NC(=O)[C@H](CCC(N)=O)NC(=O)CN)C(C)C)C(N)=O. The number of nitrogens with zero attached hydrogens (tertiary/aromatic N) is 1. The number of aromatic nitrogens is 3. The summed E-state index contributed by atoms with van der Waals surface area (Å²) in [6.45, 7) is 7.33. The summed E-state index contributed by atoms with van der Waals surface area (Å²) in [6.07, 6.45) is 4.27. The van der Waals surface area contributed by atoms with Crippen molar-refractivity contribution in [1.82, 2.24) is 52.2 Å². The van der Waals surface area contributed by atoms with Gasteiger partial charge in [0.15, 0.2) is 0 Å². The minimum Gasteiger partial charge on any atom is -0.370 e. The Morgan fingerprint density at radius 2 is 1.32 bits per heavy atom. The van der Waals surface area contributed by atoms with Gasteiger partial charge in [0.05, 0.1) is 19.4 Å². The number of carbonyl (C=O) groups is 9. The number of para-hydroxylation sites is 1. The predicted molar refractivity (Wildman–Crippen MR) is 226 cm³/mol. The summed E-state index contributed by atoms with van der Waals surface area (Å²) in [5.74, 6) is -7.17. The van der Waals surface area contributed by atoms with Crippen LogP contribution in [0, 0.1) is 11.8 Å². The molecular weight excluding hydrogens is 807 g/mol. The van der Waals surface area contributed by atoms with Crippen LogP contribution in [0.1, 0.15) is 65.1 Å². The van der Waals surface area contributed by atoms with Crippen LogP contribution in [0.3, 0.4) is 0 Å². The molecule has 3 aromatic rings. The molecule has 0 spiro atoms. The highest BCUT2D eigenvalue weighted by Gasteiger charge is 2.32. The molecule has 22 nitrogen and oxygen atoms in total. The average molecular weight is 866 g/mol. The third-order valence-electron chi connectivity index (χ3n) is 9.67. The number of fused-ring (bicyclic) bond motifs is 1. The van der Waals surface area contributed by atoms with Gasteiger partial charge in [-0.25, -0.2) is 4.98 Å². The van der Waals surface area contributed by atoms with Gasteiger partial charge in [-0.15, -0.1) is 0 Å². The maximum atomic E-state index is 13.9. The van der Waals surface area contributed by atoms with Crippen molar-refractivity contribution in [2.45, 2.75) is 103 Å². The van der Waals surface area contributed by atoms with Crippen molar-refractivity contribution in [1.29, 1.82) is 0 Å². The van der Waals surface area contributed by atoms with Gasteiger partial charge in [0, 0.05) is 48.3 Å². The Labute approximate surface area is 358 Å². The second kappa shape index (κ2) is 23.8. The van der Waals surface area contributed by atoms with Crippen molar-refractivity contribution in [3.63, 3.8) is 0 Å². The number of benzene rings is 1. The van der Waals surface area contributed by atoms with Crippen LogP contribution in [-0.4, -0.2) is 117 Å². The number of primary amides is 2. The highest BCUT2D eigenvalue weighted by molar-refractivity contribution is 5.97. The number of amides is 9. The first kappa shape index (κ1) is 49.5. The number of imidazole rings is 1. The molecule has 0 aliphatic carbocycles. The summed E-state index contributed by atoms with van der Waals surface area (Å²) in [5, 5.41) is 18.6. The summed E-state index contributed by atoms with van der Waals surface area (Å²) in [4.78, 5) is 126. The van der Waals surface area contributed by atoms with Gasteiger partial charge in [-0.3, -0.25) is 43.2 Å². The number of rotatable bonds is 25. The molecule has 6 atom stereocenters. The molecule has 0 bridgehead atoms. The molecule has 0 fully saturated rings. The Balaban J connectivity index is 1.71. The van der Waals surface area contributed by atoms with Crippen molar-refractivity contribution in [2.75, 3.05) is 13.1 Å². The lowest BCUT2D eigenvalue weighted by atomic mass is 10.0. The molecule has 3 rings (SSSR count). The fourth-order valence-electron chi connectivity index (χ4n) is 6.34. The molecule has 0 aliphatic rings. The number of nitrogens with one attached hydrogen (secondary N) is 9. The highest BCUT2D eigenvalue weighted by atomic mass is 16.2. The maximum absolute atomic E-state index is 13.9. The largest absolute Gasteiger partial charge is 0.370 e. The summed E-state index contributed by atoms with van der Waals surface area (Å²) in [5.41, 5.74) is 18.1. The van der Waals surface area contributed by atoms with E-state index in [2.05, 4.69) is 52.2 Å². The van der Waals surface area contributed by atoms with Gasteiger partial charge in [0.2, 0.25) is 53.2 Å². The van der Waals surface area contributed by atoms with E-state index in [1.807, 2.05) is 32.0 Å². The minimum atomic E-state index is -1.30. The Morgan fingerprint density at radius 1 is 0.694 bits per heavy atom. The van der Waals surface area contributed by atoms with Crippen molar-refractivity contribution >= 4 is 64.1 Å². The quantitative estimate of drug-likeness (QED) is 0.0411. The number of hydrogen-bond acceptors (Lipinski definition) is 11. The smallest absolute Gasteiger partial charge is 0.243 e. The Morgan fingerprint density at radius 3 is 1.94 bits per heavy atom. The molecule has 338 valence electrons. The van der Waals surface area contributed by atoms with E-state index < -0.39 is 108 Å². The molecule has 62 heavy (non-hydrogen) atoms. The van der Waals surface area contributed by atoms with Gasteiger partial charge in [0.1, 0.15) is 36.3 Å². The summed E-state index contributed by atoms with van der Waals surface area (Å²) < 4.78 is 0. The average Bonchev–Trinajstić information content (AvgIpc) is 3.89. The van der Waals surface area contributed by atoms with E-state index in [4.69, 9.17) is 17.2 Å². The second-order valence-corrected chi connectivity index (χ2v) is 15.6. The first-order valence-corrected chi connectivity index (χ1v) is 20.2. The van der Waals surface area contributed by atoms with E-state index in [0.29, 0.717) is 11.3 Å². The van der Waals surface area contributed by atoms with Gasteiger partial charge in [-0.1, -0.05) is 45.9 Å². The lowest BCUT2D eigenvalue weighted by Gasteiger charge is -2.26. The minimum absolute atomic E-state index is 0.0241. The lowest BCUT2D eigenvalue weighted by molar-refractivity contribution is -0.135. The molecule has 0 saturated carbocycles. The van der Waals surface area contributed by atoms with Crippen LogP contribution >= 0.6 is 0 Å². The van der Waals surface area contributed by atoms with Crippen LogP contribution in [0.4, 0.5) is 0 Å². The monoisotopic (exact) mass is 865 g/mol. The van der Waals surface area contributed by atoms with Crippen LogP contribution in [0.2, 0.25) is 0 Å². The Bertz CT molecular complexity index is 2050. The fourth-order valence-corrected chi connectivity index (χ4v) is 6.34. The summed E-state index contributed by atoms with van der Waals surface area (Å²) >= 11 is 0. The Kier molecular flexibility index (Phi) is 19.0. The molecule has 15 N–H and O–H groups in total. The molecule has 2 aromatic heterocycles. The van der Waals surface area contributed by atoms with Crippen LogP contribution < -0.4 is 54.4 Å². The molecule has 0 unspecified atom stereocenters. The van der Waals surface area contributed by atoms with E-state index in [1.54, 1.807) is 26.1 Å². The molecular formula is C40H59N13O9. The number of H-pyrrole nitrogens is 2. The van der Waals surface area contributed by atoms with E-state index in [9.17, 15) is 43.2 Å². The van der Waals surface area contributed by atoms with E-state index >= 15 is 0 Å². The van der Waals surface area contributed by atoms with Gasteiger partial charge < -0.3 is 64.4 Å². The fraction of sp³-hybridized carbons (Fsp3) is 0.500. The molecule has 2 heterocycles. The zero-order valence-corrected chi connectivity index (χ0v) is 35.5. The van der Waals surface area contributed by atoms with Crippen LogP contribution in [0.25, 0.3) is 10.9 Å². The van der Waals surface area contributed by atoms with E-state index in [0.717, 1.165) is 10.9 Å². The normalized spacial score (nSPS) is 14.1. The predicted octanol–water partition coefficient (Wildman–Crippen LogP) is -2.87. The highest BCUT2D eigenvalue weighted by Crippen LogP contribution is 2.19. The number of carbonyl (C=O) groups excluding carboxylic acids is 9. The molecule has 1 aromatic carbocycles. The zero-order chi connectivity index (χ0) is 46.1. The van der Waals surface area contributed by atoms with Gasteiger partial charge >= 0.3 is 0 Å². The van der Waals surface area contributed by atoms with E-state index in [-0.39, 0.29) is 38.0 Å². The third-order valence-corrected chi connectivity index (χ3v) is 9.67. The summed E-state index contributed by atoms with van der Waals surface area (Å²) in [7, 11) is 0. The third kappa shape index (κ3) is 15.6. The molecule has 0 saturated heterocycles. The molecule has 0 aliphatic heterocycles.